The number of nitrogens with one attached hydrogen (secondary N) is 1. The molecule has 0 fully saturated rings. The van der Waals surface area contributed by atoms with Gasteiger partial charge in [-0.2, -0.15) is 0 Å². The van der Waals surface area contributed by atoms with Gasteiger partial charge in [-0.3, -0.25) is 4.79 Å². The van der Waals surface area contributed by atoms with Crippen LogP contribution in [0.3, 0.4) is 0 Å². The van der Waals surface area contributed by atoms with Gasteiger partial charge in [0.05, 0.1) is 19.5 Å². The lowest BCUT2D eigenvalue weighted by atomic mass is 10.1. The molecule has 0 radical (unpaired) electrons. The number of nitrogens with two attached hydrogens (primary N) is 1. The van der Waals surface area contributed by atoms with Crippen LogP contribution in [0.5, 0.6) is 0 Å². The van der Waals surface area contributed by atoms with E-state index in [1.54, 1.807) is 18.2 Å². The summed E-state index contributed by atoms with van der Waals surface area (Å²) < 4.78 is 13.5. The second kappa shape index (κ2) is 7.58. The van der Waals surface area contributed by atoms with Crippen LogP contribution in [0.25, 0.3) is 0 Å². The van der Waals surface area contributed by atoms with Crippen molar-refractivity contribution in [3.05, 3.63) is 57.5 Å². The number of rotatable bonds is 4. The first-order valence-corrected chi connectivity index (χ1v) is 7.34. The van der Waals surface area contributed by atoms with Crippen LogP contribution in [0.1, 0.15) is 16.0 Å². The van der Waals surface area contributed by atoms with Gasteiger partial charge in [0.1, 0.15) is 5.82 Å². The highest BCUT2D eigenvalue weighted by Gasteiger charge is 2.09. The Kier molecular flexibility index (Phi) is 5.50. The zero-order chi connectivity index (χ0) is 15.1. The van der Waals surface area contributed by atoms with E-state index in [0.717, 1.165) is 10.4 Å². The van der Waals surface area contributed by atoms with E-state index >= 15 is 0 Å². The van der Waals surface area contributed by atoms with E-state index in [4.69, 9.17) is 5.73 Å². The standard InChI is InChI=1S/C16H15FN2OS/c17-14-6-2-1-4-13(14)10-16(20)19-11-15-12(5-3-8-18)7-9-21-15/h1-2,4,6-7,9H,8,10-11,18H2,(H,19,20). The molecule has 1 aromatic carbocycles. The van der Waals surface area contributed by atoms with E-state index in [9.17, 15) is 9.18 Å². The molecule has 0 aliphatic rings. The van der Waals surface area contributed by atoms with Gasteiger partial charge >= 0.3 is 0 Å². The predicted molar refractivity (Wildman–Crippen MR) is 82.2 cm³/mol. The highest BCUT2D eigenvalue weighted by atomic mass is 32.1. The highest BCUT2D eigenvalue weighted by molar-refractivity contribution is 7.10. The van der Waals surface area contributed by atoms with Crippen LogP contribution >= 0.6 is 11.3 Å². The lowest BCUT2D eigenvalue weighted by Crippen LogP contribution is -2.24. The minimum absolute atomic E-state index is 0.0296. The number of thiophene rings is 1. The summed E-state index contributed by atoms with van der Waals surface area (Å²) >= 11 is 1.52. The van der Waals surface area contributed by atoms with E-state index in [0.29, 0.717) is 18.7 Å². The maximum atomic E-state index is 13.5. The van der Waals surface area contributed by atoms with Crippen LogP contribution in [0.4, 0.5) is 4.39 Å². The normalized spacial score (nSPS) is 9.81. The summed E-state index contributed by atoms with van der Waals surface area (Å²) in [7, 11) is 0. The lowest BCUT2D eigenvalue weighted by Gasteiger charge is -2.05. The van der Waals surface area contributed by atoms with E-state index < -0.39 is 0 Å². The molecule has 0 aliphatic carbocycles. The predicted octanol–water partition coefficient (Wildman–Crippen LogP) is 2.06. The molecule has 3 N–H and O–H groups in total. The second-order valence-corrected chi connectivity index (χ2v) is 5.31. The average molecular weight is 302 g/mol. The third-order valence-electron chi connectivity index (χ3n) is 2.83. The summed E-state index contributed by atoms with van der Waals surface area (Å²) in [4.78, 5) is 12.8. The molecular formula is C16H15FN2OS. The molecule has 0 atom stereocenters. The van der Waals surface area contributed by atoms with Crippen LogP contribution in [-0.4, -0.2) is 12.5 Å². The molecule has 0 saturated carbocycles. The monoisotopic (exact) mass is 302 g/mol. The van der Waals surface area contributed by atoms with Crippen LogP contribution < -0.4 is 11.1 Å². The van der Waals surface area contributed by atoms with Crippen molar-refractivity contribution in [2.24, 2.45) is 5.73 Å². The summed E-state index contributed by atoms with van der Waals surface area (Å²) in [6, 6.07) is 8.17. The Morgan fingerprint density at radius 3 is 2.90 bits per heavy atom. The number of amides is 1. The Hall–Kier alpha value is -2.16. The Morgan fingerprint density at radius 2 is 2.14 bits per heavy atom. The molecule has 2 aromatic rings. The Bertz CT molecular complexity index is 685. The van der Waals surface area contributed by atoms with Crippen LogP contribution in [0.15, 0.2) is 35.7 Å². The zero-order valence-electron chi connectivity index (χ0n) is 11.4. The van der Waals surface area contributed by atoms with E-state index in [1.807, 2.05) is 11.4 Å². The van der Waals surface area contributed by atoms with Crippen molar-refractivity contribution in [3.63, 3.8) is 0 Å². The molecule has 108 valence electrons. The quantitative estimate of drug-likeness (QED) is 0.849. The summed E-state index contributed by atoms with van der Waals surface area (Å²) in [5.74, 6) is 5.17. The fourth-order valence-electron chi connectivity index (χ4n) is 1.79. The van der Waals surface area contributed by atoms with Crippen LogP contribution in [0.2, 0.25) is 0 Å². The number of hydrogen-bond acceptors (Lipinski definition) is 3. The molecule has 0 spiro atoms. The minimum atomic E-state index is -0.363. The lowest BCUT2D eigenvalue weighted by molar-refractivity contribution is -0.120. The molecule has 0 saturated heterocycles. The van der Waals surface area contributed by atoms with Gasteiger partial charge in [-0.05, 0) is 23.1 Å². The average Bonchev–Trinajstić information content (AvgIpc) is 2.93. The van der Waals surface area contributed by atoms with E-state index in [2.05, 4.69) is 17.2 Å². The van der Waals surface area contributed by atoms with Gasteiger partial charge in [-0.1, -0.05) is 30.0 Å². The third-order valence-corrected chi connectivity index (χ3v) is 3.75. The largest absolute Gasteiger partial charge is 0.351 e. The molecular weight excluding hydrogens is 287 g/mol. The SMILES string of the molecule is NCC#Cc1ccsc1CNC(=O)Cc1ccccc1F. The maximum absolute atomic E-state index is 13.5. The van der Waals surface area contributed by atoms with Crippen molar-refractivity contribution in [1.82, 2.24) is 5.32 Å². The summed E-state index contributed by atoms with van der Waals surface area (Å²) in [5, 5.41) is 4.70. The number of carbonyl (C=O) groups is 1. The second-order valence-electron chi connectivity index (χ2n) is 4.31. The van der Waals surface area contributed by atoms with E-state index in [-0.39, 0.29) is 18.1 Å². The van der Waals surface area contributed by atoms with Gasteiger partial charge < -0.3 is 11.1 Å². The fraction of sp³-hybridized carbons (Fsp3) is 0.188. The molecule has 21 heavy (non-hydrogen) atoms. The van der Waals surface area contributed by atoms with Crippen LogP contribution in [-0.2, 0) is 17.8 Å². The Morgan fingerprint density at radius 1 is 1.33 bits per heavy atom. The van der Waals surface area contributed by atoms with Crippen molar-refractivity contribution in [2.75, 3.05) is 6.54 Å². The number of benzene rings is 1. The smallest absolute Gasteiger partial charge is 0.224 e. The topological polar surface area (TPSA) is 55.1 Å². The molecule has 1 amide bonds. The van der Waals surface area contributed by atoms with Gasteiger partial charge in [-0.15, -0.1) is 11.3 Å². The molecule has 0 bridgehead atoms. The first-order valence-electron chi connectivity index (χ1n) is 6.46. The molecule has 0 aliphatic heterocycles. The molecule has 1 heterocycles. The minimum Gasteiger partial charge on any atom is -0.351 e. The van der Waals surface area contributed by atoms with Gasteiger partial charge in [0.15, 0.2) is 0 Å². The van der Waals surface area contributed by atoms with Gasteiger partial charge in [0, 0.05) is 10.4 Å². The molecule has 3 nitrogen and oxygen atoms in total. The van der Waals surface area contributed by atoms with E-state index in [1.165, 1.54) is 17.4 Å². The van der Waals surface area contributed by atoms with Crippen molar-refractivity contribution in [3.8, 4) is 11.8 Å². The van der Waals surface area contributed by atoms with Crippen molar-refractivity contribution < 1.29 is 9.18 Å². The molecule has 0 unspecified atom stereocenters. The first-order chi connectivity index (χ1) is 10.2. The van der Waals surface area contributed by atoms with Crippen molar-refractivity contribution in [2.45, 2.75) is 13.0 Å². The van der Waals surface area contributed by atoms with Crippen molar-refractivity contribution in [1.29, 1.82) is 0 Å². The van der Waals surface area contributed by atoms with Crippen LogP contribution in [0, 0.1) is 17.7 Å². The van der Waals surface area contributed by atoms with Crippen molar-refractivity contribution >= 4 is 17.2 Å². The fourth-order valence-corrected chi connectivity index (χ4v) is 2.56. The maximum Gasteiger partial charge on any atom is 0.224 e. The summed E-state index contributed by atoms with van der Waals surface area (Å²) in [6.07, 6.45) is 0.0296. The summed E-state index contributed by atoms with van der Waals surface area (Å²) in [5.41, 5.74) is 6.61. The van der Waals surface area contributed by atoms with Gasteiger partial charge in [0.2, 0.25) is 5.91 Å². The van der Waals surface area contributed by atoms with Gasteiger partial charge in [0.25, 0.3) is 0 Å². The summed E-state index contributed by atoms with van der Waals surface area (Å²) in [6.45, 7) is 0.689. The number of halogens is 1. The molecule has 1 aromatic heterocycles. The number of carbonyl (C=O) groups excluding carboxylic acids is 1. The molecule has 2 rings (SSSR count). The van der Waals surface area contributed by atoms with Gasteiger partial charge in [-0.25, -0.2) is 4.39 Å². The number of hydrogen-bond donors (Lipinski definition) is 2. The highest BCUT2D eigenvalue weighted by Crippen LogP contribution is 2.15. The third kappa shape index (κ3) is 4.42. The molecule has 5 heteroatoms. The first kappa shape index (κ1) is 15.2. The zero-order valence-corrected chi connectivity index (χ0v) is 12.2. The Balaban J connectivity index is 1.93. The Labute approximate surface area is 127 Å².